The van der Waals surface area contributed by atoms with Crippen LogP contribution in [0.5, 0.6) is 5.75 Å². The van der Waals surface area contributed by atoms with Crippen LogP contribution in [0.15, 0.2) is 30.6 Å². The summed E-state index contributed by atoms with van der Waals surface area (Å²) < 4.78 is 5.38. The first-order valence-electron chi connectivity index (χ1n) is 6.10. The van der Waals surface area contributed by atoms with E-state index in [4.69, 9.17) is 4.74 Å². The van der Waals surface area contributed by atoms with Crippen molar-refractivity contribution in [3.63, 3.8) is 0 Å². The number of ether oxygens (including phenoxy) is 1. The van der Waals surface area contributed by atoms with Gasteiger partial charge in [-0.1, -0.05) is 13.8 Å². The maximum absolute atomic E-state index is 5.38. The number of imidazole rings is 1. The molecule has 1 aromatic heterocycles. The minimum absolute atomic E-state index is 0.446. The van der Waals surface area contributed by atoms with Crippen molar-refractivity contribution < 1.29 is 4.74 Å². The molecule has 0 saturated carbocycles. The van der Waals surface area contributed by atoms with Crippen LogP contribution in [-0.2, 0) is 6.54 Å². The van der Waals surface area contributed by atoms with Crippen LogP contribution in [-0.4, -0.2) is 23.1 Å². The van der Waals surface area contributed by atoms with Gasteiger partial charge in [-0.25, -0.2) is 4.98 Å². The van der Waals surface area contributed by atoms with E-state index >= 15 is 0 Å². The van der Waals surface area contributed by atoms with E-state index in [0.717, 1.165) is 29.2 Å². The van der Waals surface area contributed by atoms with Gasteiger partial charge in [-0.05, 0) is 18.2 Å². The maximum atomic E-state index is 5.38. The quantitative estimate of drug-likeness (QED) is 0.851. The van der Waals surface area contributed by atoms with Gasteiger partial charge in [0.2, 0.25) is 0 Å². The normalized spacial score (nSPS) is 10.9. The lowest BCUT2D eigenvalue weighted by atomic mass is 10.1. The standard InChI is InChI=1S/C14H19N3O/c1-10(2)17-9-12-8-11(4-5-13(12)18-3)14-15-6-7-16-14/h4-8,10,17H,9H2,1-3H3,(H,15,16). The number of rotatable bonds is 5. The molecule has 0 unspecified atom stereocenters. The molecule has 2 rings (SSSR count). The Kier molecular flexibility index (Phi) is 3.99. The van der Waals surface area contributed by atoms with Gasteiger partial charge in [-0.3, -0.25) is 0 Å². The molecule has 0 aliphatic carbocycles. The highest BCUT2D eigenvalue weighted by Gasteiger charge is 2.07. The van der Waals surface area contributed by atoms with Gasteiger partial charge in [0.15, 0.2) is 0 Å². The van der Waals surface area contributed by atoms with Crippen LogP contribution in [0.1, 0.15) is 19.4 Å². The molecule has 0 amide bonds. The molecule has 2 N–H and O–H groups in total. The van der Waals surface area contributed by atoms with E-state index < -0.39 is 0 Å². The molecule has 2 aromatic rings. The Balaban J connectivity index is 2.27. The van der Waals surface area contributed by atoms with Crippen molar-refractivity contribution in [1.29, 1.82) is 0 Å². The third-order valence-corrected chi connectivity index (χ3v) is 2.75. The monoisotopic (exact) mass is 245 g/mol. The maximum Gasteiger partial charge on any atom is 0.137 e. The Morgan fingerprint density at radius 1 is 1.39 bits per heavy atom. The molecule has 0 saturated heterocycles. The first-order chi connectivity index (χ1) is 8.70. The van der Waals surface area contributed by atoms with Crippen molar-refractivity contribution in [3.8, 4) is 17.1 Å². The Morgan fingerprint density at radius 3 is 2.83 bits per heavy atom. The molecule has 4 nitrogen and oxygen atoms in total. The summed E-state index contributed by atoms with van der Waals surface area (Å²) >= 11 is 0. The van der Waals surface area contributed by atoms with Gasteiger partial charge in [0.25, 0.3) is 0 Å². The van der Waals surface area contributed by atoms with Gasteiger partial charge in [0, 0.05) is 36.1 Å². The van der Waals surface area contributed by atoms with Gasteiger partial charge >= 0.3 is 0 Å². The Bertz CT molecular complexity index is 492. The summed E-state index contributed by atoms with van der Waals surface area (Å²) in [6.07, 6.45) is 3.58. The average molecular weight is 245 g/mol. The van der Waals surface area contributed by atoms with Crippen LogP contribution in [0.2, 0.25) is 0 Å². The molecule has 4 heteroatoms. The molecule has 0 atom stereocenters. The largest absolute Gasteiger partial charge is 0.496 e. The lowest BCUT2D eigenvalue weighted by molar-refractivity contribution is 0.406. The number of aromatic nitrogens is 2. The molecule has 1 heterocycles. The van der Waals surface area contributed by atoms with Crippen molar-refractivity contribution in [2.75, 3.05) is 7.11 Å². The first kappa shape index (κ1) is 12.6. The number of H-pyrrole nitrogens is 1. The number of aromatic amines is 1. The average Bonchev–Trinajstić information content (AvgIpc) is 2.89. The van der Waals surface area contributed by atoms with E-state index in [9.17, 15) is 0 Å². The van der Waals surface area contributed by atoms with Gasteiger partial charge in [-0.2, -0.15) is 0 Å². The van der Waals surface area contributed by atoms with E-state index in [-0.39, 0.29) is 0 Å². The molecule has 96 valence electrons. The molecule has 0 bridgehead atoms. The summed E-state index contributed by atoms with van der Waals surface area (Å²) in [5.41, 5.74) is 2.21. The van der Waals surface area contributed by atoms with Crippen LogP contribution < -0.4 is 10.1 Å². The van der Waals surface area contributed by atoms with Crippen molar-refractivity contribution in [2.45, 2.75) is 26.4 Å². The lowest BCUT2D eigenvalue weighted by Gasteiger charge is -2.13. The van der Waals surface area contributed by atoms with Crippen LogP contribution >= 0.6 is 0 Å². The minimum atomic E-state index is 0.446. The fraction of sp³-hybridized carbons (Fsp3) is 0.357. The number of benzene rings is 1. The van der Waals surface area contributed by atoms with Crippen molar-refractivity contribution >= 4 is 0 Å². The summed E-state index contributed by atoms with van der Waals surface area (Å²) in [7, 11) is 1.70. The Hall–Kier alpha value is -1.81. The van der Waals surface area contributed by atoms with E-state index in [0.29, 0.717) is 6.04 Å². The Labute approximate surface area is 107 Å². The van der Waals surface area contributed by atoms with Gasteiger partial charge in [-0.15, -0.1) is 0 Å². The fourth-order valence-corrected chi connectivity index (χ4v) is 1.80. The molecule has 1 aromatic carbocycles. The van der Waals surface area contributed by atoms with E-state index in [2.05, 4.69) is 35.2 Å². The number of hydrogen-bond acceptors (Lipinski definition) is 3. The predicted octanol–water partition coefficient (Wildman–Crippen LogP) is 2.58. The SMILES string of the molecule is COc1ccc(-c2ncc[nH]2)cc1CNC(C)C. The molecule has 0 fully saturated rings. The summed E-state index contributed by atoms with van der Waals surface area (Å²) in [6, 6.07) is 6.54. The summed E-state index contributed by atoms with van der Waals surface area (Å²) in [6.45, 7) is 5.04. The van der Waals surface area contributed by atoms with Crippen molar-refractivity contribution in [3.05, 3.63) is 36.2 Å². The van der Waals surface area contributed by atoms with Crippen LogP contribution in [0, 0.1) is 0 Å². The molecule has 0 spiro atoms. The molecular formula is C14H19N3O. The van der Waals surface area contributed by atoms with E-state index in [1.54, 1.807) is 13.3 Å². The second-order valence-electron chi connectivity index (χ2n) is 4.50. The van der Waals surface area contributed by atoms with Crippen molar-refractivity contribution in [1.82, 2.24) is 15.3 Å². The molecule has 0 aliphatic heterocycles. The summed E-state index contributed by atoms with van der Waals surface area (Å²) in [5.74, 6) is 1.78. The third-order valence-electron chi connectivity index (χ3n) is 2.75. The van der Waals surface area contributed by atoms with Crippen LogP contribution in [0.3, 0.4) is 0 Å². The molecule has 0 aliphatic rings. The Morgan fingerprint density at radius 2 is 2.22 bits per heavy atom. The predicted molar refractivity (Wildman–Crippen MR) is 72.6 cm³/mol. The summed E-state index contributed by atoms with van der Waals surface area (Å²) in [5, 5.41) is 3.40. The van der Waals surface area contributed by atoms with E-state index in [1.807, 2.05) is 18.3 Å². The number of hydrogen-bond donors (Lipinski definition) is 2. The minimum Gasteiger partial charge on any atom is -0.496 e. The molecule has 0 radical (unpaired) electrons. The number of nitrogens with zero attached hydrogens (tertiary/aromatic N) is 1. The topological polar surface area (TPSA) is 49.9 Å². The van der Waals surface area contributed by atoms with Gasteiger partial charge in [0.1, 0.15) is 11.6 Å². The second-order valence-corrected chi connectivity index (χ2v) is 4.50. The van der Waals surface area contributed by atoms with Crippen LogP contribution in [0.25, 0.3) is 11.4 Å². The number of nitrogens with one attached hydrogen (secondary N) is 2. The zero-order valence-electron chi connectivity index (χ0n) is 11.0. The van der Waals surface area contributed by atoms with Gasteiger partial charge < -0.3 is 15.0 Å². The van der Waals surface area contributed by atoms with Crippen LogP contribution in [0.4, 0.5) is 0 Å². The zero-order valence-corrected chi connectivity index (χ0v) is 11.0. The third kappa shape index (κ3) is 2.90. The number of methoxy groups -OCH3 is 1. The first-order valence-corrected chi connectivity index (χ1v) is 6.10. The summed E-state index contributed by atoms with van der Waals surface area (Å²) in [4.78, 5) is 7.37. The molecular weight excluding hydrogens is 226 g/mol. The lowest BCUT2D eigenvalue weighted by Crippen LogP contribution is -2.22. The molecule has 18 heavy (non-hydrogen) atoms. The van der Waals surface area contributed by atoms with Crippen molar-refractivity contribution in [2.24, 2.45) is 0 Å². The highest BCUT2D eigenvalue weighted by atomic mass is 16.5. The smallest absolute Gasteiger partial charge is 0.137 e. The zero-order chi connectivity index (χ0) is 13.0. The highest BCUT2D eigenvalue weighted by molar-refractivity contribution is 5.58. The highest BCUT2D eigenvalue weighted by Crippen LogP contribution is 2.24. The fourth-order valence-electron chi connectivity index (χ4n) is 1.80. The van der Waals surface area contributed by atoms with E-state index in [1.165, 1.54) is 0 Å². The van der Waals surface area contributed by atoms with Gasteiger partial charge in [0.05, 0.1) is 7.11 Å². The second kappa shape index (κ2) is 5.69.